The Morgan fingerprint density at radius 1 is 1.04 bits per heavy atom. The molecule has 8 heteroatoms. The Bertz CT molecular complexity index is 830. The van der Waals surface area contributed by atoms with Crippen molar-refractivity contribution in [1.29, 1.82) is 0 Å². The molecular formula is C18H19N3O5. The van der Waals surface area contributed by atoms with Gasteiger partial charge in [-0.15, -0.1) is 0 Å². The molecule has 136 valence electrons. The smallest absolute Gasteiger partial charge is 0.310 e. The Morgan fingerprint density at radius 3 is 2.46 bits per heavy atom. The Morgan fingerprint density at radius 2 is 1.73 bits per heavy atom. The van der Waals surface area contributed by atoms with Crippen molar-refractivity contribution in [2.24, 2.45) is 0 Å². The van der Waals surface area contributed by atoms with Gasteiger partial charge in [-0.05, 0) is 29.7 Å². The zero-order valence-corrected chi connectivity index (χ0v) is 14.0. The van der Waals surface area contributed by atoms with Crippen molar-refractivity contribution < 1.29 is 24.0 Å². The van der Waals surface area contributed by atoms with Crippen LogP contribution in [0.3, 0.4) is 0 Å². The van der Waals surface area contributed by atoms with E-state index in [0.29, 0.717) is 13.1 Å². The lowest BCUT2D eigenvalue weighted by atomic mass is 10.00. The van der Waals surface area contributed by atoms with Crippen LogP contribution in [-0.4, -0.2) is 40.9 Å². The van der Waals surface area contributed by atoms with Gasteiger partial charge in [-0.3, -0.25) is 19.6 Å². The van der Waals surface area contributed by atoms with Crippen LogP contribution in [0.5, 0.6) is 0 Å². The van der Waals surface area contributed by atoms with Crippen molar-refractivity contribution in [3.63, 3.8) is 0 Å². The van der Waals surface area contributed by atoms with Gasteiger partial charge in [0.1, 0.15) is 0 Å². The van der Waals surface area contributed by atoms with Crippen molar-refractivity contribution >= 4 is 17.7 Å². The van der Waals surface area contributed by atoms with E-state index < -0.39 is 11.8 Å². The van der Waals surface area contributed by atoms with E-state index in [1.807, 2.05) is 18.2 Å². The van der Waals surface area contributed by atoms with Gasteiger partial charge in [-0.1, -0.05) is 24.3 Å². The van der Waals surface area contributed by atoms with Crippen LogP contribution >= 0.6 is 0 Å². The van der Waals surface area contributed by atoms with Crippen LogP contribution in [0.4, 0.5) is 0 Å². The third kappa shape index (κ3) is 3.92. The average molecular weight is 357 g/mol. The topological polar surface area (TPSA) is 112 Å². The molecule has 0 fully saturated rings. The van der Waals surface area contributed by atoms with E-state index >= 15 is 0 Å². The molecule has 3 rings (SSSR count). The van der Waals surface area contributed by atoms with Crippen molar-refractivity contribution in [2.75, 3.05) is 13.1 Å². The molecule has 3 N–H and O–H groups in total. The van der Waals surface area contributed by atoms with Crippen LogP contribution in [0.15, 0.2) is 40.8 Å². The minimum Gasteiger partial charge on any atom is -0.446 e. The quantitative estimate of drug-likeness (QED) is 0.548. The van der Waals surface area contributed by atoms with Crippen LogP contribution in [0.25, 0.3) is 0 Å². The molecule has 0 atom stereocenters. The fourth-order valence-electron chi connectivity index (χ4n) is 2.87. The highest BCUT2D eigenvalue weighted by atomic mass is 16.5. The number of carbonyl (C=O) groups excluding carboxylic acids is 3. The van der Waals surface area contributed by atoms with E-state index in [-0.39, 0.29) is 30.4 Å². The van der Waals surface area contributed by atoms with Gasteiger partial charge in [0.05, 0.1) is 0 Å². The second-order valence-electron chi connectivity index (χ2n) is 5.94. The molecule has 0 unspecified atom stereocenters. The molecule has 2 aromatic rings. The molecular weight excluding hydrogens is 338 g/mol. The van der Waals surface area contributed by atoms with Crippen LogP contribution in [0, 0.1) is 0 Å². The number of nitrogens with zero attached hydrogens (tertiary/aromatic N) is 1. The first-order valence-electron chi connectivity index (χ1n) is 8.25. The summed E-state index contributed by atoms with van der Waals surface area (Å²) in [5.74, 6) is -1.65. The Balaban J connectivity index is 1.47. The number of hydrogen-bond acceptors (Lipinski definition) is 5. The third-order valence-electron chi connectivity index (χ3n) is 4.26. The van der Waals surface area contributed by atoms with Gasteiger partial charge in [0.2, 0.25) is 5.91 Å². The normalized spacial score (nSPS) is 13.0. The van der Waals surface area contributed by atoms with E-state index in [1.54, 1.807) is 4.90 Å². The van der Waals surface area contributed by atoms with E-state index in [0.717, 1.165) is 12.0 Å². The van der Waals surface area contributed by atoms with E-state index in [2.05, 4.69) is 11.4 Å². The summed E-state index contributed by atoms with van der Waals surface area (Å²) in [5.41, 5.74) is 3.84. The van der Waals surface area contributed by atoms with Crippen LogP contribution in [0.1, 0.15) is 38.7 Å². The third-order valence-corrected chi connectivity index (χ3v) is 4.26. The first kappa shape index (κ1) is 17.7. The number of fused-ring (bicyclic) bond motifs is 1. The van der Waals surface area contributed by atoms with Gasteiger partial charge in [0.15, 0.2) is 11.5 Å². The Labute approximate surface area is 149 Å². The van der Waals surface area contributed by atoms with Gasteiger partial charge in [0.25, 0.3) is 5.91 Å². The summed E-state index contributed by atoms with van der Waals surface area (Å²) >= 11 is 0. The molecule has 0 bridgehead atoms. The van der Waals surface area contributed by atoms with E-state index in [9.17, 15) is 14.4 Å². The molecule has 1 aliphatic rings. The maximum Gasteiger partial charge on any atom is 0.310 e. The second-order valence-corrected chi connectivity index (χ2v) is 5.94. The zero-order chi connectivity index (χ0) is 18.5. The standard InChI is InChI=1S/C18H19N3O5/c22-16(21-10-8-12-3-1-2-4-13(12)11-21)7-9-19-17(23)14-5-6-15(26-14)18(24)20-25/h1-6,25H,7-11H2,(H,19,23)(H,20,24). The van der Waals surface area contributed by atoms with Crippen molar-refractivity contribution in [1.82, 2.24) is 15.7 Å². The molecule has 0 aliphatic carbocycles. The van der Waals surface area contributed by atoms with Crippen LogP contribution < -0.4 is 10.8 Å². The molecule has 0 spiro atoms. The van der Waals surface area contributed by atoms with Crippen molar-refractivity contribution in [3.8, 4) is 0 Å². The Kier molecular flexibility index (Phi) is 5.33. The summed E-state index contributed by atoms with van der Waals surface area (Å²) in [7, 11) is 0. The van der Waals surface area contributed by atoms with Gasteiger partial charge in [-0.2, -0.15) is 0 Å². The number of amides is 3. The molecule has 26 heavy (non-hydrogen) atoms. The predicted octanol–water partition coefficient (Wildman–Crippen LogP) is 1.10. The zero-order valence-electron chi connectivity index (χ0n) is 14.0. The highest BCUT2D eigenvalue weighted by Gasteiger charge is 2.20. The molecule has 8 nitrogen and oxygen atoms in total. The van der Waals surface area contributed by atoms with Gasteiger partial charge < -0.3 is 14.6 Å². The van der Waals surface area contributed by atoms with Crippen molar-refractivity contribution in [2.45, 2.75) is 19.4 Å². The summed E-state index contributed by atoms with van der Waals surface area (Å²) in [6.45, 7) is 1.42. The summed E-state index contributed by atoms with van der Waals surface area (Å²) < 4.78 is 5.03. The van der Waals surface area contributed by atoms with Gasteiger partial charge in [-0.25, -0.2) is 5.48 Å². The SMILES string of the molecule is O=C(NO)c1ccc(C(=O)NCCC(=O)N2CCc3ccccc3C2)o1. The first-order valence-corrected chi connectivity index (χ1v) is 8.25. The molecule has 1 aromatic heterocycles. The lowest BCUT2D eigenvalue weighted by Gasteiger charge is -2.29. The maximum absolute atomic E-state index is 12.3. The summed E-state index contributed by atoms with van der Waals surface area (Å²) in [6.07, 6.45) is 1.01. The number of benzene rings is 1. The summed E-state index contributed by atoms with van der Waals surface area (Å²) in [5, 5.41) is 11.1. The predicted molar refractivity (Wildman–Crippen MR) is 90.5 cm³/mol. The second kappa shape index (κ2) is 7.83. The maximum atomic E-state index is 12.3. The lowest BCUT2D eigenvalue weighted by Crippen LogP contribution is -2.38. The van der Waals surface area contributed by atoms with Crippen molar-refractivity contribution in [3.05, 3.63) is 59.0 Å². The number of rotatable bonds is 5. The van der Waals surface area contributed by atoms with E-state index in [4.69, 9.17) is 9.62 Å². The fourth-order valence-corrected chi connectivity index (χ4v) is 2.87. The highest BCUT2D eigenvalue weighted by molar-refractivity contribution is 5.95. The molecule has 3 amide bonds. The molecule has 1 aliphatic heterocycles. The van der Waals surface area contributed by atoms with Gasteiger partial charge in [0, 0.05) is 26.1 Å². The van der Waals surface area contributed by atoms with E-state index in [1.165, 1.54) is 23.2 Å². The molecule has 2 heterocycles. The average Bonchev–Trinajstić information content (AvgIpc) is 3.17. The molecule has 1 aromatic carbocycles. The fraction of sp³-hybridized carbons (Fsp3) is 0.278. The lowest BCUT2D eigenvalue weighted by molar-refractivity contribution is -0.131. The Hall–Kier alpha value is -3.13. The minimum absolute atomic E-state index is 0.0282. The number of carbonyl (C=O) groups is 3. The highest BCUT2D eigenvalue weighted by Crippen LogP contribution is 2.18. The first-order chi connectivity index (χ1) is 12.6. The van der Waals surface area contributed by atoms with Gasteiger partial charge >= 0.3 is 5.91 Å². The number of hydrogen-bond donors (Lipinski definition) is 3. The minimum atomic E-state index is -0.843. The monoisotopic (exact) mass is 357 g/mol. The molecule has 0 saturated heterocycles. The number of hydroxylamine groups is 1. The van der Waals surface area contributed by atoms with Crippen LogP contribution in [0.2, 0.25) is 0 Å². The summed E-state index contributed by atoms with van der Waals surface area (Å²) in [4.78, 5) is 37.3. The largest absolute Gasteiger partial charge is 0.446 e. The number of nitrogens with one attached hydrogen (secondary N) is 2. The summed E-state index contributed by atoms with van der Waals surface area (Å²) in [6, 6.07) is 10.7. The number of furan rings is 1. The molecule has 0 saturated carbocycles. The molecule has 0 radical (unpaired) electrons. The van der Waals surface area contributed by atoms with Crippen LogP contribution in [-0.2, 0) is 17.8 Å².